The summed E-state index contributed by atoms with van der Waals surface area (Å²) in [5, 5.41) is 12.4. The largest absolute Gasteiger partial charge is 0.487 e. The molecule has 5 heterocycles. The van der Waals surface area contributed by atoms with Gasteiger partial charge in [0, 0.05) is 81.5 Å². The average molecular weight is 873 g/mol. The zero-order valence-corrected chi connectivity index (χ0v) is 37.6. The van der Waals surface area contributed by atoms with Gasteiger partial charge in [-0.15, -0.1) is 0 Å². The second-order valence-electron chi connectivity index (χ2n) is 18.4. The lowest BCUT2D eigenvalue weighted by Crippen LogP contribution is -2.53. The van der Waals surface area contributed by atoms with Crippen molar-refractivity contribution in [2.24, 2.45) is 17.8 Å². The van der Waals surface area contributed by atoms with E-state index < -0.39 is 11.9 Å². The van der Waals surface area contributed by atoms with Crippen molar-refractivity contribution in [1.29, 1.82) is 5.26 Å². The Morgan fingerprint density at radius 2 is 1.60 bits per heavy atom. The van der Waals surface area contributed by atoms with Crippen molar-refractivity contribution in [2.75, 3.05) is 79.5 Å². The maximum atomic E-state index is 12.6. The number of imide groups is 1. The van der Waals surface area contributed by atoms with Crippen LogP contribution in [0.15, 0.2) is 72.9 Å². The normalized spacial score (nSPS) is 19.3. The molecule has 1 unspecified atom stereocenters. The van der Waals surface area contributed by atoms with E-state index in [-0.39, 0.29) is 17.7 Å². The monoisotopic (exact) mass is 871 g/mol. The minimum atomic E-state index is -0.708. The van der Waals surface area contributed by atoms with Crippen LogP contribution in [0, 0.1) is 29.1 Å². The fraction of sp³-hybridized carbons (Fsp3) is 0.469. The summed E-state index contributed by atoms with van der Waals surface area (Å²) in [6.45, 7) is 11.9. The first-order valence-corrected chi connectivity index (χ1v) is 22.6. The van der Waals surface area contributed by atoms with Crippen molar-refractivity contribution in [3.05, 3.63) is 100 Å². The first kappa shape index (κ1) is 43.9. The number of aromatic nitrogens is 2. The Morgan fingerprint density at radius 3 is 2.27 bits per heavy atom. The first-order chi connectivity index (χ1) is 30.4. The van der Waals surface area contributed by atoms with Gasteiger partial charge in [-0.3, -0.25) is 19.7 Å². The van der Waals surface area contributed by atoms with Crippen LogP contribution >= 0.6 is 11.6 Å². The van der Waals surface area contributed by atoms with Gasteiger partial charge >= 0.3 is 0 Å². The molecular formula is C49H58ClN9O4. The summed E-state index contributed by atoms with van der Waals surface area (Å²) in [5.74, 6) is 2.89. The maximum Gasteiger partial charge on any atom is 0.249 e. The molecule has 0 saturated carbocycles. The summed E-state index contributed by atoms with van der Waals surface area (Å²) < 4.78 is 6.14. The number of carbonyl (C=O) groups is 3. The molecule has 63 heavy (non-hydrogen) atoms. The van der Waals surface area contributed by atoms with Gasteiger partial charge in [-0.1, -0.05) is 37.6 Å². The van der Waals surface area contributed by atoms with Gasteiger partial charge in [0.15, 0.2) is 0 Å². The fourth-order valence-electron chi connectivity index (χ4n) is 9.90. The van der Waals surface area contributed by atoms with E-state index in [1.165, 1.54) is 30.6 Å². The second-order valence-corrected chi connectivity index (χ2v) is 18.8. The predicted octanol–water partition coefficient (Wildman–Crippen LogP) is 6.81. The number of nitriles is 1. The molecule has 4 saturated heterocycles. The molecule has 13 nitrogen and oxygen atoms in total. The van der Waals surface area contributed by atoms with Crippen LogP contribution in [0.3, 0.4) is 0 Å². The van der Waals surface area contributed by atoms with E-state index in [0.717, 1.165) is 97.5 Å². The fourth-order valence-corrected chi connectivity index (χ4v) is 10.1. The van der Waals surface area contributed by atoms with Crippen molar-refractivity contribution in [3.63, 3.8) is 0 Å². The number of halogens is 1. The first-order valence-electron chi connectivity index (χ1n) is 22.3. The molecule has 1 aromatic heterocycles. The SMILES string of the molecule is CN(C)c1cc(N2CCC(C3CCN(CC4CN(c5nccc(COc6ccc(C(C)(C)c7cc(Cl)cc(C#N)c7)cc6)n5)C4)CC3)CC2)ccc1N(C=O)C1CCC(=O)NC1=O. The number of piperidine rings is 3. The number of amides is 3. The number of ether oxygens (including phenoxy) is 1. The highest BCUT2D eigenvalue weighted by Gasteiger charge is 2.36. The lowest BCUT2D eigenvalue weighted by molar-refractivity contribution is -0.134. The molecule has 8 rings (SSSR count). The Morgan fingerprint density at radius 1 is 0.889 bits per heavy atom. The predicted molar refractivity (Wildman–Crippen MR) is 246 cm³/mol. The van der Waals surface area contributed by atoms with Gasteiger partial charge in [0.1, 0.15) is 18.4 Å². The van der Waals surface area contributed by atoms with E-state index in [1.54, 1.807) is 6.07 Å². The lowest BCUT2D eigenvalue weighted by atomic mass is 9.78. The number of benzene rings is 3. The molecule has 0 bridgehead atoms. The molecule has 4 aliphatic rings. The van der Waals surface area contributed by atoms with Crippen molar-refractivity contribution in [3.8, 4) is 11.8 Å². The molecule has 14 heteroatoms. The Kier molecular flexibility index (Phi) is 13.2. The quantitative estimate of drug-likeness (QED) is 0.106. The number of hydrogen-bond donors (Lipinski definition) is 1. The summed E-state index contributed by atoms with van der Waals surface area (Å²) >= 11 is 6.31. The number of anilines is 4. The third-order valence-electron chi connectivity index (χ3n) is 13.8. The van der Waals surface area contributed by atoms with Crippen molar-refractivity contribution in [1.82, 2.24) is 20.2 Å². The van der Waals surface area contributed by atoms with Gasteiger partial charge in [0.05, 0.1) is 28.7 Å². The van der Waals surface area contributed by atoms with E-state index in [9.17, 15) is 19.6 Å². The highest BCUT2D eigenvalue weighted by atomic mass is 35.5. The molecule has 1 atom stereocenters. The van der Waals surface area contributed by atoms with Gasteiger partial charge in [-0.05, 0) is 123 Å². The molecular weight excluding hydrogens is 814 g/mol. The summed E-state index contributed by atoms with van der Waals surface area (Å²) in [7, 11) is 3.89. The van der Waals surface area contributed by atoms with E-state index in [0.29, 0.717) is 41.6 Å². The number of nitrogens with one attached hydrogen (secondary N) is 1. The molecule has 4 aromatic rings. The third kappa shape index (κ3) is 9.93. The summed E-state index contributed by atoms with van der Waals surface area (Å²) in [5.41, 5.74) is 5.79. The van der Waals surface area contributed by atoms with E-state index in [1.807, 2.05) is 61.6 Å². The van der Waals surface area contributed by atoms with Crippen LogP contribution in [0.2, 0.25) is 5.02 Å². The van der Waals surface area contributed by atoms with Crippen molar-refractivity contribution in [2.45, 2.75) is 70.4 Å². The smallest absolute Gasteiger partial charge is 0.249 e. The zero-order chi connectivity index (χ0) is 44.3. The standard InChI is InChI=1S/C49H58ClN9O4/c1-49(2,38-23-33(27-51)24-39(50)25-38)37-5-8-42(9-6-37)63-31-40-13-18-52-48(53-40)58-29-34(30-58)28-56-19-14-35(15-20-56)36-16-21-57(22-17-36)41-7-10-43(45(26-41)55(3)4)59(32-60)44-11-12-46(61)54-47(44)62/h5-10,13,18,23-26,32,34-36,44H,11-12,14-17,19-22,28-31H2,1-4H3,(H,54,61,62). The zero-order valence-electron chi connectivity index (χ0n) is 36.8. The average Bonchev–Trinajstić information content (AvgIpc) is 3.28. The molecule has 330 valence electrons. The molecule has 0 spiro atoms. The molecule has 1 N–H and O–H groups in total. The van der Waals surface area contributed by atoms with E-state index in [4.69, 9.17) is 21.3 Å². The van der Waals surface area contributed by atoms with Crippen LogP contribution < -0.4 is 29.7 Å². The summed E-state index contributed by atoms with van der Waals surface area (Å²) in [6.07, 6.45) is 7.89. The molecule has 4 aliphatic heterocycles. The van der Waals surface area contributed by atoms with E-state index >= 15 is 0 Å². The number of likely N-dealkylation sites (tertiary alicyclic amines) is 1. The molecule has 4 fully saturated rings. The highest BCUT2D eigenvalue weighted by Crippen LogP contribution is 2.39. The van der Waals surface area contributed by atoms with E-state index in [2.05, 4.69) is 69.2 Å². The molecule has 3 aromatic carbocycles. The van der Waals surface area contributed by atoms with Gasteiger partial charge in [0.2, 0.25) is 24.2 Å². The van der Waals surface area contributed by atoms with Gasteiger partial charge < -0.3 is 29.2 Å². The van der Waals surface area contributed by atoms with Crippen molar-refractivity contribution < 1.29 is 19.1 Å². The summed E-state index contributed by atoms with van der Waals surface area (Å²) in [4.78, 5) is 56.9. The van der Waals surface area contributed by atoms with Crippen molar-refractivity contribution >= 4 is 52.8 Å². The van der Waals surface area contributed by atoms with Crippen LogP contribution in [0.5, 0.6) is 5.75 Å². The van der Waals surface area contributed by atoms with Crippen LogP contribution in [0.4, 0.5) is 23.0 Å². The van der Waals surface area contributed by atoms with Gasteiger partial charge in [-0.25, -0.2) is 9.97 Å². The number of carbonyl (C=O) groups excluding carboxylic acids is 3. The Hall–Kier alpha value is -5.71. The second kappa shape index (κ2) is 19.0. The molecule has 0 radical (unpaired) electrons. The van der Waals surface area contributed by atoms with Gasteiger partial charge in [-0.2, -0.15) is 5.26 Å². The Bertz CT molecular complexity index is 2330. The third-order valence-corrected chi connectivity index (χ3v) is 14.0. The summed E-state index contributed by atoms with van der Waals surface area (Å²) in [6, 6.07) is 23.1. The number of hydrogen-bond acceptors (Lipinski definition) is 11. The maximum absolute atomic E-state index is 12.6. The Balaban J connectivity index is 0.763. The minimum Gasteiger partial charge on any atom is -0.487 e. The van der Waals surface area contributed by atoms with Crippen LogP contribution in [-0.2, 0) is 26.4 Å². The Labute approximate surface area is 376 Å². The van der Waals surface area contributed by atoms with Crippen LogP contribution in [0.25, 0.3) is 0 Å². The lowest BCUT2D eigenvalue weighted by Gasteiger charge is -2.44. The minimum absolute atomic E-state index is 0.215. The highest BCUT2D eigenvalue weighted by molar-refractivity contribution is 6.30. The van der Waals surface area contributed by atoms with Crippen LogP contribution in [-0.4, -0.2) is 99.0 Å². The van der Waals surface area contributed by atoms with Crippen LogP contribution in [0.1, 0.15) is 74.8 Å². The number of nitrogens with zero attached hydrogens (tertiary/aromatic N) is 8. The molecule has 0 aliphatic carbocycles. The topological polar surface area (TPSA) is 138 Å². The van der Waals surface area contributed by atoms with Gasteiger partial charge in [0.25, 0.3) is 0 Å². The number of rotatable bonds is 14. The molecule has 3 amide bonds.